The van der Waals surface area contributed by atoms with Crippen LogP contribution >= 0.6 is 11.6 Å². The van der Waals surface area contributed by atoms with Crippen molar-refractivity contribution in [3.05, 3.63) is 23.2 Å². The normalized spacial score (nSPS) is 18.7. The Balaban J connectivity index is 2.19. The third kappa shape index (κ3) is 1.79. The van der Waals surface area contributed by atoms with Gasteiger partial charge in [0.2, 0.25) is 0 Å². The molecule has 0 unspecified atom stereocenters. The molecule has 76 valence electrons. The van der Waals surface area contributed by atoms with Crippen LogP contribution in [0.4, 0.5) is 0 Å². The van der Waals surface area contributed by atoms with Crippen LogP contribution in [0.15, 0.2) is 18.2 Å². The second-order valence-corrected chi connectivity index (χ2v) is 4.20. The van der Waals surface area contributed by atoms with Crippen LogP contribution in [-0.2, 0) is 0 Å². The van der Waals surface area contributed by atoms with Crippen molar-refractivity contribution >= 4 is 11.6 Å². The molecule has 0 bridgehead atoms. The highest BCUT2D eigenvalue weighted by Crippen LogP contribution is 2.32. The molecule has 0 atom stereocenters. The van der Waals surface area contributed by atoms with Gasteiger partial charge in [0.15, 0.2) is 11.5 Å². The lowest BCUT2D eigenvalue weighted by Gasteiger charge is -2.39. The van der Waals surface area contributed by atoms with Gasteiger partial charge in [-0.05, 0) is 19.1 Å². The van der Waals surface area contributed by atoms with E-state index in [2.05, 4.69) is 5.32 Å². The molecule has 1 fully saturated rings. The summed E-state index contributed by atoms with van der Waals surface area (Å²) in [4.78, 5) is 0. The zero-order chi connectivity index (χ0) is 10.2. The van der Waals surface area contributed by atoms with Gasteiger partial charge in [-0.3, -0.25) is 0 Å². The molecule has 1 heterocycles. The smallest absolute Gasteiger partial charge is 0.163 e. The van der Waals surface area contributed by atoms with E-state index < -0.39 is 0 Å². The average Bonchev–Trinajstić information content (AvgIpc) is 2.09. The summed E-state index contributed by atoms with van der Waals surface area (Å²) in [6, 6.07) is 4.79. The summed E-state index contributed by atoms with van der Waals surface area (Å²) in [5.41, 5.74) is -0.220. The number of benzene rings is 1. The summed E-state index contributed by atoms with van der Waals surface area (Å²) < 4.78 is 5.65. The Hall–Kier alpha value is -0.930. The number of rotatable bonds is 2. The Kier molecular flexibility index (Phi) is 2.29. The van der Waals surface area contributed by atoms with E-state index in [1.54, 1.807) is 12.1 Å². The van der Waals surface area contributed by atoms with Gasteiger partial charge in [-0.2, -0.15) is 0 Å². The quantitative estimate of drug-likeness (QED) is 0.787. The van der Waals surface area contributed by atoms with E-state index in [9.17, 15) is 5.11 Å². The average molecular weight is 214 g/mol. The van der Waals surface area contributed by atoms with Gasteiger partial charge in [0.25, 0.3) is 0 Å². The molecular weight excluding hydrogens is 202 g/mol. The van der Waals surface area contributed by atoms with Crippen LogP contribution in [0.3, 0.4) is 0 Å². The second-order valence-electron chi connectivity index (χ2n) is 3.77. The van der Waals surface area contributed by atoms with Crippen molar-refractivity contribution in [1.82, 2.24) is 5.32 Å². The standard InChI is InChI=1S/C10H12ClNO2/c1-10(5-12-6-10)14-9-4-7(11)2-3-8(9)13/h2-4,12-13H,5-6H2,1H3. The van der Waals surface area contributed by atoms with Gasteiger partial charge >= 0.3 is 0 Å². The fourth-order valence-corrected chi connectivity index (χ4v) is 1.55. The van der Waals surface area contributed by atoms with E-state index >= 15 is 0 Å². The molecule has 3 nitrogen and oxygen atoms in total. The number of phenolic OH excluding ortho intramolecular Hbond substituents is 1. The molecule has 0 saturated carbocycles. The van der Waals surface area contributed by atoms with E-state index in [0.29, 0.717) is 10.8 Å². The SMILES string of the molecule is CC1(Oc2cc(Cl)ccc2O)CNC1. The molecule has 0 aromatic heterocycles. The third-order valence-corrected chi connectivity index (χ3v) is 2.51. The van der Waals surface area contributed by atoms with Gasteiger partial charge in [0, 0.05) is 24.2 Å². The Labute approximate surface area is 87.6 Å². The predicted molar refractivity (Wildman–Crippen MR) is 55.0 cm³/mol. The van der Waals surface area contributed by atoms with Gasteiger partial charge in [-0.1, -0.05) is 11.6 Å². The Bertz CT molecular complexity index is 350. The van der Waals surface area contributed by atoms with Crippen LogP contribution in [0.2, 0.25) is 5.02 Å². The van der Waals surface area contributed by atoms with E-state index in [1.165, 1.54) is 6.07 Å². The van der Waals surface area contributed by atoms with E-state index in [-0.39, 0.29) is 11.4 Å². The highest BCUT2D eigenvalue weighted by molar-refractivity contribution is 6.30. The van der Waals surface area contributed by atoms with Crippen LogP contribution in [0.1, 0.15) is 6.92 Å². The number of ether oxygens (including phenoxy) is 1. The van der Waals surface area contributed by atoms with E-state index in [0.717, 1.165) is 13.1 Å². The molecule has 1 aromatic rings. The first kappa shape index (κ1) is 9.62. The van der Waals surface area contributed by atoms with Crippen LogP contribution in [0.25, 0.3) is 0 Å². The van der Waals surface area contributed by atoms with Gasteiger partial charge in [0.05, 0.1) is 0 Å². The van der Waals surface area contributed by atoms with Crippen LogP contribution in [0, 0.1) is 0 Å². The molecule has 0 aliphatic carbocycles. The lowest BCUT2D eigenvalue weighted by atomic mass is 10.00. The van der Waals surface area contributed by atoms with Gasteiger partial charge in [-0.15, -0.1) is 0 Å². The van der Waals surface area contributed by atoms with Gasteiger partial charge in [0.1, 0.15) is 5.60 Å². The molecule has 2 rings (SSSR count). The number of halogens is 1. The predicted octanol–water partition coefficient (Wildman–Crippen LogP) is 1.79. The van der Waals surface area contributed by atoms with Crippen molar-refractivity contribution in [2.75, 3.05) is 13.1 Å². The molecule has 14 heavy (non-hydrogen) atoms. The second kappa shape index (κ2) is 3.33. The lowest BCUT2D eigenvalue weighted by Crippen LogP contribution is -2.61. The van der Waals surface area contributed by atoms with Gasteiger partial charge < -0.3 is 15.2 Å². The summed E-state index contributed by atoms with van der Waals surface area (Å²) in [6.45, 7) is 3.57. The first-order valence-electron chi connectivity index (χ1n) is 4.47. The van der Waals surface area contributed by atoms with Crippen LogP contribution < -0.4 is 10.1 Å². The molecule has 4 heteroatoms. The van der Waals surface area contributed by atoms with E-state index in [4.69, 9.17) is 16.3 Å². The minimum Gasteiger partial charge on any atom is -0.504 e. The largest absolute Gasteiger partial charge is 0.504 e. The Morgan fingerprint density at radius 1 is 1.50 bits per heavy atom. The highest BCUT2D eigenvalue weighted by Gasteiger charge is 2.34. The number of aromatic hydroxyl groups is 1. The minimum atomic E-state index is -0.220. The number of phenols is 1. The molecule has 1 saturated heterocycles. The minimum absolute atomic E-state index is 0.127. The monoisotopic (exact) mass is 213 g/mol. The van der Waals surface area contributed by atoms with Crippen molar-refractivity contribution in [3.63, 3.8) is 0 Å². The zero-order valence-corrected chi connectivity index (χ0v) is 8.64. The fraction of sp³-hybridized carbons (Fsp3) is 0.400. The van der Waals surface area contributed by atoms with Crippen LogP contribution in [0.5, 0.6) is 11.5 Å². The topological polar surface area (TPSA) is 41.5 Å². The summed E-state index contributed by atoms with van der Waals surface area (Å²) in [6.07, 6.45) is 0. The maximum atomic E-state index is 9.51. The molecular formula is C10H12ClNO2. The zero-order valence-electron chi connectivity index (χ0n) is 7.88. The van der Waals surface area contributed by atoms with Gasteiger partial charge in [-0.25, -0.2) is 0 Å². The lowest BCUT2D eigenvalue weighted by molar-refractivity contribution is 0.0324. The summed E-state index contributed by atoms with van der Waals surface area (Å²) in [5, 5.41) is 13.2. The van der Waals surface area contributed by atoms with Crippen molar-refractivity contribution in [2.45, 2.75) is 12.5 Å². The summed E-state index contributed by atoms with van der Waals surface area (Å²) in [5.74, 6) is 0.573. The first-order valence-corrected chi connectivity index (χ1v) is 4.85. The fourth-order valence-electron chi connectivity index (χ4n) is 1.38. The highest BCUT2D eigenvalue weighted by atomic mass is 35.5. The maximum Gasteiger partial charge on any atom is 0.163 e. The molecule has 0 spiro atoms. The summed E-state index contributed by atoms with van der Waals surface area (Å²) >= 11 is 5.80. The number of nitrogens with one attached hydrogen (secondary N) is 1. The molecule has 1 aliphatic heterocycles. The van der Waals surface area contributed by atoms with Crippen molar-refractivity contribution < 1.29 is 9.84 Å². The molecule has 1 aromatic carbocycles. The molecule has 2 N–H and O–H groups in total. The molecule has 1 aliphatic rings. The number of hydrogen-bond donors (Lipinski definition) is 2. The molecule has 0 amide bonds. The Morgan fingerprint density at radius 2 is 2.21 bits per heavy atom. The van der Waals surface area contributed by atoms with Crippen molar-refractivity contribution in [3.8, 4) is 11.5 Å². The summed E-state index contributed by atoms with van der Waals surface area (Å²) in [7, 11) is 0. The third-order valence-electron chi connectivity index (χ3n) is 2.28. The van der Waals surface area contributed by atoms with Crippen molar-refractivity contribution in [1.29, 1.82) is 0 Å². The number of hydrogen-bond acceptors (Lipinski definition) is 3. The van der Waals surface area contributed by atoms with Crippen molar-refractivity contribution in [2.24, 2.45) is 0 Å². The first-order chi connectivity index (χ1) is 6.59. The molecule has 0 radical (unpaired) electrons. The Morgan fingerprint density at radius 3 is 2.79 bits per heavy atom. The van der Waals surface area contributed by atoms with E-state index in [1.807, 2.05) is 6.92 Å². The van der Waals surface area contributed by atoms with Crippen LogP contribution in [-0.4, -0.2) is 23.8 Å². The maximum absolute atomic E-state index is 9.51.